The van der Waals surface area contributed by atoms with E-state index in [0.29, 0.717) is 39.4 Å². The van der Waals surface area contributed by atoms with E-state index in [2.05, 4.69) is 10.2 Å². The molecule has 3 rings (SSSR count). The summed E-state index contributed by atoms with van der Waals surface area (Å²) in [6.07, 6.45) is 0. The fourth-order valence-corrected chi connectivity index (χ4v) is 6.03. The average Bonchev–Trinajstić information content (AvgIpc) is 3.17. The first-order valence-corrected chi connectivity index (χ1v) is 11.5. The van der Waals surface area contributed by atoms with Crippen LogP contribution >= 0.6 is 11.3 Å². The molecule has 2 aliphatic heterocycles. The second-order valence-corrected chi connectivity index (χ2v) is 10.1. The van der Waals surface area contributed by atoms with Crippen LogP contribution < -0.4 is 5.32 Å². The average molecular weight is 431 g/mol. The molecule has 11 heteroatoms. The van der Waals surface area contributed by atoms with Gasteiger partial charge in [-0.25, -0.2) is 8.42 Å². The van der Waals surface area contributed by atoms with Gasteiger partial charge in [0.2, 0.25) is 11.8 Å². The molecular weight excluding hydrogens is 404 g/mol. The minimum atomic E-state index is -3.58. The van der Waals surface area contributed by atoms with Crippen LogP contribution in [0.25, 0.3) is 0 Å². The molecule has 0 unspecified atom stereocenters. The normalized spacial score (nSPS) is 19.5. The van der Waals surface area contributed by atoms with Gasteiger partial charge in [0.05, 0.1) is 26.3 Å². The van der Waals surface area contributed by atoms with Gasteiger partial charge >= 0.3 is 0 Å². The number of hydrogen-bond acceptors (Lipinski definition) is 7. The zero-order valence-corrected chi connectivity index (χ0v) is 17.6. The summed E-state index contributed by atoms with van der Waals surface area (Å²) in [6.45, 7) is 6.25. The lowest BCUT2D eigenvalue weighted by atomic mass is 10.3. The van der Waals surface area contributed by atoms with Gasteiger partial charge in [0.15, 0.2) is 0 Å². The van der Waals surface area contributed by atoms with Gasteiger partial charge in [-0.3, -0.25) is 14.5 Å². The van der Waals surface area contributed by atoms with E-state index in [1.54, 1.807) is 17.0 Å². The van der Waals surface area contributed by atoms with Crippen molar-refractivity contribution >= 4 is 33.2 Å². The van der Waals surface area contributed by atoms with Crippen molar-refractivity contribution in [1.29, 1.82) is 0 Å². The Hall–Kier alpha value is -1.53. The van der Waals surface area contributed by atoms with Gasteiger partial charge in [-0.15, -0.1) is 11.3 Å². The molecular formula is C17H26N4O5S2. The van der Waals surface area contributed by atoms with Crippen LogP contribution in [0, 0.1) is 0 Å². The van der Waals surface area contributed by atoms with Crippen LogP contribution in [0.15, 0.2) is 16.3 Å². The quantitative estimate of drug-likeness (QED) is 0.656. The second-order valence-electron chi connectivity index (χ2n) is 6.80. The molecule has 0 radical (unpaired) electrons. The molecule has 0 spiro atoms. The molecule has 0 atom stereocenters. The topological polar surface area (TPSA) is 99.3 Å². The van der Waals surface area contributed by atoms with Crippen molar-refractivity contribution < 1.29 is 22.7 Å². The van der Waals surface area contributed by atoms with Gasteiger partial charge in [0.1, 0.15) is 4.21 Å². The highest BCUT2D eigenvalue weighted by atomic mass is 32.2. The van der Waals surface area contributed by atoms with E-state index in [-0.39, 0.29) is 29.1 Å². The van der Waals surface area contributed by atoms with E-state index < -0.39 is 10.0 Å². The SMILES string of the molecule is CC(=O)NCc1ccc(S(=O)(=O)N2CCN(C(=O)CN3CCOCC3)CC2)s1. The van der Waals surface area contributed by atoms with E-state index in [1.165, 1.54) is 11.2 Å². The van der Waals surface area contributed by atoms with Crippen LogP contribution in [0.1, 0.15) is 11.8 Å². The number of hydrogen-bond donors (Lipinski definition) is 1. The summed E-state index contributed by atoms with van der Waals surface area (Å²) in [6, 6.07) is 3.29. The Balaban J connectivity index is 1.53. The molecule has 0 aromatic carbocycles. The first-order valence-electron chi connectivity index (χ1n) is 9.27. The van der Waals surface area contributed by atoms with Crippen molar-refractivity contribution in [2.24, 2.45) is 0 Å². The van der Waals surface area contributed by atoms with Crippen molar-refractivity contribution in [2.75, 3.05) is 59.0 Å². The Kier molecular flexibility index (Phi) is 7.05. The third kappa shape index (κ3) is 5.29. The van der Waals surface area contributed by atoms with E-state index in [4.69, 9.17) is 4.74 Å². The van der Waals surface area contributed by atoms with Crippen LogP contribution in [0.2, 0.25) is 0 Å². The number of sulfonamides is 1. The zero-order chi connectivity index (χ0) is 20.1. The molecule has 2 aliphatic rings. The first kappa shape index (κ1) is 21.2. The van der Waals surface area contributed by atoms with Crippen molar-refractivity contribution in [2.45, 2.75) is 17.7 Å². The van der Waals surface area contributed by atoms with Gasteiger partial charge in [-0.1, -0.05) is 0 Å². The van der Waals surface area contributed by atoms with Crippen molar-refractivity contribution in [1.82, 2.24) is 19.4 Å². The monoisotopic (exact) mass is 430 g/mol. The first-order chi connectivity index (χ1) is 13.4. The number of carbonyl (C=O) groups excluding carboxylic acids is 2. The molecule has 0 bridgehead atoms. The highest BCUT2D eigenvalue weighted by Gasteiger charge is 2.31. The Labute approximate surface area is 169 Å². The summed E-state index contributed by atoms with van der Waals surface area (Å²) < 4.78 is 32.7. The number of thiophene rings is 1. The van der Waals surface area contributed by atoms with E-state index in [9.17, 15) is 18.0 Å². The third-order valence-corrected chi connectivity index (χ3v) is 8.25. The molecule has 0 aliphatic carbocycles. The van der Waals surface area contributed by atoms with Crippen molar-refractivity contribution in [3.63, 3.8) is 0 Å². The molecule has 0 saturated carbocycles. The highest BCUT2D eigenvalue weighted by Crippen LogP contribution is 2.25. The maximum Gasteiger partial charge on any atom is 0.252 e. The van der Waals surface area contributed by atoms with Crippen LogP contribution in [-0.2, 0) is 30.9 Å². The molecule has 9 nitrogen and oxygen atoms in total. The Morgan fingerprint density at radius 1 is 1.11 bits per heavy atom. The molecule has 1 N–H and O–H groups in total. The Morgan fingerprint density at radius 3 is 2.43 bits per heavy atom. The van der Waals surface area contributed by atoms with Gasteiger partial charge in [-0.2, -0.15) is 4.31 Å². The summed E-state index contributed by atoms with van der Waals surface area (Å²) in [5.74, 6) is -0.122. The lowest BCUT2D eigenvalue weighted by Gasteiger charge is -2.35. The number of carbonyl (C=O) groups is 2. The van der Waals surface area contributed by atoms with E-state index >= 15 is 0 Å². The molecule has 3 heterocycles. The lowest BCUT2D eigenvalue weighted by molar-refractivity contribution is -0.134. The zero-order valence-electron chi connectivity index (χ0n) is 15.9. The number of amides is 2. The summed E-state index contributed by atoms with van der Waals surface area (Å²) in [5, 5.41) is 2.66. The van der Waals surface area contributed by atoms with Crippen molar-refractivity contribution in [3.8, 4) is 0 Å². The molecule has 2 fully saturated rings. The second kappa shape index (κ2) is 9.31. The predicted molar refractivity (Wildman–Crippen MR) is 104 cm³/mol. The molecule has 1 aromatic rings. The molecule has 2 saturated heterocycles. The smallest absolute Gasteiger partial charge is 0.252 e. The maximum atomic E-state index is 12.9. The number of morpholine rings is 1. The Bertz CT molecular complexity index is 796. The minimum absolute atomic E-state index is 0.0349. The number of ether oxygens (including phenoxy) is 1. The van der Waals surface area contributed by atoms with Gasteiger partial charge in [0, 0.05) is 51.1 Å². The van der Waals surface area contributed by atoms with Gasteiger partial charge in [0.25, 0.3) is 10.0 Å². The number of nitrogens with zero attached hydrogens (tertiary/aromatic N) is 3. The molecule has 156 valence electrons. The predicted octanol–water partition coefficient (Wildman–Crippen LogP) is -0.451. The lowest BCUT2D eigenvalue weighted by Crippen LogP contribution is -2.53. The summed E-state index contributed by atoms with van der Waals surface area (Å²) in [4.78, 5) is 28.1. The largest absolute Gasteiger partial charge is 0.379 e. The fraction of sp³-hybridized carbons (Fsp3) is 0.647. The third-order valence-electron chi connectivity index (χ3n) is 4.80. The van der Waals surface area contributed by atoms with Crippen LogP contribution in [0.4, 0.5) is 0 Å². The van der Waals surface area contributed by atoms with Gasteiger partial charge in [-0.05, 0) is 12.1 Å². The number of piperazine rings is 1. The Morgan fingerprint density at radius 2 is 1.79 bits per heavy atom. The summed E-state index contributed by atoms with van der Waals surface area (Å²) >= 11 is 1.16. The fourth-order valence-electron chi connectivity index (χ4n) is 3.16. The van der Waals surface area contributed by atoms with Gasteiger partial charge < -0.3 is 15.0 Å². The number of nitrogens with one attached hydrogen (secondary N) is 1. The molecule has 2 amide bonds. The van der Waals surface area contributed by atoms with Crippen molar-refractivity contribution in [3.05, 3.63) is 17.0 Å². The minimum Gasteiger partial charge on any atom is -0.379 e. The number of rotatable bonds is 6. The highest BCUT2D eigenvalue weighted by molar-refractivity contribution is 7.91. The molecule has 1 aromatic heterocycles. The van der Waals surface area contributed by atoms with Crippen LogP contribution in [0.5, 0.6) is 0 Å². The standard InChI is InChI=1S/C17H26N4O5S2/c1-14(22)18-12-15-2-3-17(27-15)28(24,25)21-6-4-20(5-7-21)16(23)13-19-8-10-26-11-9-19/h2-3H,4-13H2,1H3,(H,18,22). The summed E-state index contributed by atoms with van der Waals surface area (Å²) in [7, 11) is -3.58. The van der Waals surface area contributed by atoms with Crippen LogP contribution in [0.3, 0.4) is 0 Å². The molecule has 28 heavy (non-hydrogen) atoms. The summed E-state index contributed by atoms with van der Waals surface area (Å²) in [5.41, 5.74) is 0. The van der Waals surface area contributed by atoms with E-state index in [0.717, 1.165) is 29.3 Å². The van der Waals surface area contributed by atoms with Crippen LogP contribution in [-0.4, -0.2) is 93.4 Å². The maximum absolute atomic E-state index is 12.9. The van der Waals surface area contributed by atoms with E-state index in [1.807, 2.05) is 0 Å².